The third kappa shape index (κ3) is 41.4. The van der Waals surface area contributed by atoms with E-state index < -0.39 is 36.0 Å². The second-order valence-electron chi connectivity index (χ2n) is 17.6. The standard InChI is InChI=1S/C49H89N5O15/c1-3-39(42(57)35-53-47(38(2)55)48(50)63)21-18-19-27-51-44(59)36-69-34-32-67-30-28-52-45(60)37-68-33-31-66-29-20-22-40(56)25-26-41(49(64)65)54-43(58)23-16-14-12-10-8-6-4-5-7-9-11-13-15-17-24-46(61)62/h38-39,41,47,53,55H,3-37H2,1-2H3,(H2,50,63)(H,51,59)(H,52,60)(H,54,58)(H,61,62)(H,64,65)/t38-,39+,41+,47?/m1/s1. The maximum absolute atomic E-state index is 12.5. The van der Waals surface area contributed by atoms with Gasteiger partial charge in [-0.3, -0.25) is 38.9 Å². The van der Waals surface area contributed by atoms with Crippen LogP contribution in [0.2, 0.25) is 0 Å². The second-order valence-corrected chi connectivity index (χ2v) is 17.6. The van der Waals surface area contributed by atoms with E-state index >= 15 is 0 Å². The summed E-state index contributed by atoms with van der Waals surface area (Å²) in [6.07, 6.45) is 17.9. The Morgan fingerprint density at radius 1 is 0.536 bits per heavy atom. The predicted molar refractivity (Wildman–Crippen MR) is 259 cm³/mol. The van der Waals surface area contributed by atoms with Crippen LogP contribution in [-0.4, -0.2) is 153 Å². The molecule has 0 radical (unpaired) electrons. The van der Waals surface area contributed by atoms with Gasteiger partial charge in [0, 0.05) is 51.3 Å². The molecular formula is C49H89N5O15. The Kier molecular flexibility index (Phi) is 42.4. The SMILES string of the molecule is CC[C@@H](CCCCNC(=O)COCCOCCNC(=O)COCCOCCCC(=O)CC[C@H](NC(=O)CCCCCCCCCCCCCCCCC(=O)O)C(=O)O)C(=O)CNC(C(N)=O)[C@@H](C)O. The quantitative estimate of drug-likeness (QED) is 0.0401. The summed E-state index contributed by atoms with van der Waals surface area (Å²) in [6, 6.07) is -2.10. The Morgan fingerprint density at radius 2 is 1.04 bits per heavy atom. The molecule has 0 aliphatic heterocycles. The van der Waals surface area contributed by atoms with Crippen LogP contribution in [0, 0.1) is 5.92 Å². The molecule has 0 aromatic rings. The highest BCUT2D eigenvalue weighted by Crippen LogP contribution is 2.15. The van der Waals surface area contributed by atoms with Crippen molar-refractivity contribution >= 4 is 47.1 Å². The van der Waals surface area contributed by atoms with Crippen LogP contribution in [0.15, 0.2) is 0 Å². The molecule has 20 heteroatoms. The number of unbranched alkanes of at least 4 members (excludes halogenated alkanes) is 14. The molecular weight excluding hydrogens is 899 g/mol. The Morgan fingerprint density at radius 3 is 1.55 bits per heavy atom. The van der Waals surface area contributed by atoms with E-state index in [9.17, 15) is 48.6 Å². The van der Waals surface area contributed by atoms with Crippen molar-refractivity contribution < 1.29 is 72.6 Å². The lowest BCUT2D eigenvalue weighted by Gasteiger charge is -2.20. The fourth-order valence-corrected chi connectivity index (χ4v) is 7.34. The number of aliphatic carboxylic acids is 2. The van der Waals surface area contributed by atoms with Gasteiger partial charge in [-0.1, -0.05) is 90.4 Å². The summed E-state index contributed by atoms with van der Waals surface area (Å²) in [7, 11) is 0. The van der Waals surface area contributed by atoms with E-state index in [1.165, 1.54) is 51.9 Å². The van der Waals surface area contributed by atoms with Gasteiger partial charge in [-0.05, 0) is 51.9 Å². The molecule has 9 N–H and O–H groups in total. The molecule has 20 nitrogen and oxygen atoms in total. The van der Waals surface area contributed by atoms with Gasteiger partial charge < -0.3 is 56.0 Å². The highest BCUT2D eigenvalue weighted by Gasteiger charge is 2.24. The summed E-state index contributed by atoms with van der Waals surface area (Å²) in [5.74, 6) is -3.90. The van der Waals surface area contributed by atoms with Crippen LogP contribution in [0.4, 0.5) is 0 Å². The van der Waals surface area contributed by atoms with Gasteiger partial charge in [0.15, 0.2) is 0 Å². The zero-order chi connectivity index (χ0) is 51.3. The number of carboxylic acids is 2. The van der Waals surface area contributed by atoms with Gasteiger partial charge in [-0.25, -0.2) is 4.79 Å². The molecule has 0 aliphatic rings. The van der Waals surface area contributed by atoms with Gasteiger partial charge >= 0.3 is 11.9 Å². The van der Waals surface area contributed by atoms with Crippen LogP contribution in [0.1, 0.15) is 168 Å². The minimum absolute atomic E-state index is 0.0257. The zero-order valence-corrected chi connectivity index (χ0v) is 41.9. The van der Waals surface area contributed by atoms with Crippen molar-refractivity contribution in [1.29, 1.82) is 0 Å². The summed E-state index contributed by atoms with van der Waals surface area (Å²) in [4.78, 5) is 94.9. The van der Waals surface area contributed by atoms with Crippen molar-refractivity contribution in [3.05, 3.63) is 0 Å². The number of ketones is 2. The highest BCUT2D eigenvalue weighted by atomic mass is 16.5. The number of rotatable bonds is 51. The van der Waals surface area contributed by atoms with E-state index in [1.807, 2.05) is 6.92 Å². The summed E-state index contributed by atoms with van der Waals surface area (Å²) >= 11 is 0. The molecule has 0 aliphatic carbocycles. The van der Waals surface area contributed by atoms with E-state index in [2.05, 4.69) is 21.3 Å². The number of Topliss-reactive ketones (excluding diaryl/α,β-unsaturated/α-hetero) is 2. The van der Waals surface area contributed by atoms with Gasteiger partial charge in [-0.15, -0.1) is 0 Å². The average molecular weight is 988 g/mol. The molecule has 0 saturated heterocycles. The summed E-state index contributed by atoms with van der Waals surface area (Å²) in [6.45, 7) is 5.04. The number of aliphatic hydroxyl groups is 1. The molecule has 0 spiro atoms. The van der Waals surface area contributed by atoms with Crippen LogP contribution in [0.5, 0.6) is 0 Å². The number of aliphatic hydroxyl groups excluding tert-OH is 1. The van der Waals surface area contributed by atoms with Gasteiger partial charge in [0.2, 0.25) is 23.6 Å². The van der Waals surface area contributed by atoms with Crippen LogP contribution in [0.25, 0.3) is 0 Å². The molecule has 0 aromatic carbocycles. The summed E-state index contributed by atoms with van der Waals surface area (Å²) in [5, 5.41) is 38.6. The Hall–Kier alpha value is -4.08. The highest BCUT2D eigenvalue weighted by molar-refractivity contribution is 5.86. The molecule has 0 fully saturated rings. The monoisotopic (exact) mass is 988 g/mol. The van der Waals surface area contributed by atoms with Crippen LogP contribution in [-0.2, 0) is 57.3 Å². The number of carboxylic acid groups (broad SMARTS) is 2. The van der Waals surface area contributed by atoms with Crippen molar-refractivity contribution in [1.82, 2.24) is 21.3 Å². The fraction of sp³-hybridized carbons (Fsp3) is 0.837. The Balaban J connectivity index is 3.73. The molecule has 0 saturated carbocycles. The molecule has 0 rings (SSSR count). The number of carbonyl (C=O) groups is 8. The number of ether oxygens (including phenoxy) is 4. The number of hydrogen-bond donors (Lipinski definition) is 8. The van der Waals surface area contributed by atoms with Crippen molar-refractivity contribution in [3.8, 4) is 0 Å². The first kappa shape index (κ1) is 64.9. The fourth-order valence-electron chi connectivity index (χ4n) is 7.34. The number of amides is 4. The topological polar surface area (TPSA) is 308 Å². The lowest BCUT2D eigenvalue weighted by molar-refractivity contribution is -0.142. The van der Waals surface area contributed by atoms with Crippen molar-refractivity contribution in [2.45, 2.75) is 186 Å². The lowest BCUT2D eigenvalue weighted by atomic mass is 9.94. The van der Waals surface area contributed by atoms with Crippen molar-refractivity contribution in [3.63, 3.8) is 0 Å². The van der Waals surface area contributed by atoms with Gasteiger partial charge in [-0.2, -0.15) is 0 Å². The van der Waals surface area contributed by atoms with Crippen molar-refractivity contribution in [2.24, 2.45) is 11.7 Å². The van der Waals surface area contributed by atoms with E-state index in [4.69, 9.17) is 29.8 Å². The van der Waals surface area contributed by atoms with Gasteiger partial charge in [0.05, 0.1) is 45.7 Å². The average Bonchev–Trinajstić information content (AvgIpc) is 3.29. The maximum atomic E-state index is 12.5. The molecule has 400 valence electrons. The lowest BCUT2D eigenvalue weighted by Crippen LogP contribution is -2.50. The molecule has 1 unspecified atom stereocenters. The summed E-state index contributed by atoms with van der Waals surface area (Å²) in [5.41, 5.74) is 5.25. The smallest absolute Gasteiger partial charge is 0.326 e. The second kappa shape index (κ2) is 45.1. The van der Waals surface area contributed by atoms with Gasteiger partial charge in [0.25, 0.3) is 0 Å². The third-order valence-corrected chi connectivity index (χ3v) is 11.4. The first-order valence-corrected chi connectivity index (χ1v) is 25.5. The molecule has 0 heterocycles. The predicted octanol–water partition coefficient (Wildman–Crippen LogP) is 3.90. The van der Waals surface area contributed by atoms with E-state index in [1.54, 1.807) is 0 Å². The van der Waals surface area contributed by atoms with Gasteiger partial charge in [0.1, 0.15) is 36.9 Å². The minimum atomic E-state index is -1.16. The van der Waals surface area contributed by atoms with E-state index in [-0.39, 0.29) is 127 Å². The molecule has 0 bridgehead atoms. The number of hydrogen-bond acceptors (Lipinski definition) is 14. The normalized spacial score (nSPS) is 13.0. The Bertz CT molecular complexity index is 1420. The van der Waals surface area contributed by atoms with E-state index in [0.29, 0.717) is 45.3 Å². The maximum Gasteiger partial charge on any atom is 0.326 e. The molecule has 0 aromatic heterocycles. The van der Waals surface area contributed by atoms with E-state index in [0.717, 1.165) is 44.9 Å². The van der Waals surface area contributed by atoms with Crippen LogP contribution < -0.4 is 27.0 Å². The number of primary amides is 1. The summed E-state index contributed by atoms with van der Waals surface area (Å²) < 4.78 is 21.5. The number of nitrogens with two attached hydrogens (primary N) is 1. The third-order valence-electron chi connectivity index (χ3n) is 11.4. The zero-order valence-electron chi connectivity index (χ0n) is 41.9. The van der Waals surface area contributed by atoms with Crippen molar-refractivity contribution in [2.75, 3.05) is 72.5 Å². The first-order chi connectivity index (χ1) is 33.2. The largest absolute Gasteiger partial charge is 0.481 e. The molecule has 4 atom stereocenters. The minimum Gasteiger partial charge on any atom is -0.481 e. The molecule has 4 amide bonds. The number of nitrogens with one attached hydrogen (secondary N) is 4. The molecule has 69 heavy (non-hydrogen) atoms. The van der Waals surface area contributed by atoms with Crippen LogP contribution in [0.3, 0.4) is 0 Å². The number of carbonyl (C=O) groups excluding carboxylic acids is 6. The first-order valence-electron chi connectivity index (χ1n) is 25.5. The Labute approximate surface area is 410 Å². The van der Waals surface area contributed by atoms with Crippen LogP contribution >= 0.6 is 0 Å².